The standard InChI is InChI=1S/C28H29BrClNO5/c1-17(2)18(3)36-25-13-26(23(30)12-21(25)14-31-24(15-32)28(33)34)35-16-20-10-7-11-22(27(20)29)19-8-5-4-6-9-19/h4-13,24,31-32H,14-16H2,1-3H3,(H,33,34)/t24-/m0/s1. The zero-order valence-corrected chi connectivity index (χ0v) is 22.7. The van der Waals surface area contributed by atoms with E-state index in [9.17, 15) is 15.0 Å². The van der Waals surface area contributed by atoms with Crippen molar-refractivity contribution < 1.29 is 24.5 Å². The SMILES string of the molecule is CC(C)=C(C)Oc1cc(OCc2cccc(-c3ccccc3)c2Br)c(Cl)cc1CN[C@@H](CO)C(=O)O. The molecule has 3 aromatic rings. The molecule has 36 heavy (non-hydrogen) atoms. The first-order valence-corrected chi connectivity index (χ1v) is 12.5. The molecule has 8 heteroatoms. The van der Waals surface area contributed by atoms with E-state index >= 15 is 0 Å². The van der Waals surface area contributed by atoms with E-state index in [1.807, 2.05) is 57.2 Å². The second-order valence-corrected chi connectivity index (χ2v) is 9.64. The number of hydrogen-bond donors (Lipinski definition) is 3. The van der Waals surface area contributed by atoms with Crippen molar-refractivity contribution in [1.29, 1.82) is 0 Å². The highest BCUT2D eigenvalue weighted by atomic mass is 79.9. The van der Waals surface area contributed by atoms with Gasteiger partial charge in [-0.2, -0.15) is 0 Å². The maximum atomic E-state index is 11.3. The fourth-order valence-corrected chi connectivity index (χ4v) is 4.19. The number of aliphatic hydroxyl groups is 1. The Hall–Kier alpha value is -2.84. The van der Waals surface area contributed by atoms with Crippen LogP contribution in [0.15, 0.2) is 76.5 Å². The summed E-state index contributed by atoms with van der Waals surface area (Å²) in [7, 11) is 0. The van der Waals surface area contributed by atoms with E-state index in [4.69, 9.17) is 21.1 Å². The fourth-order valence-electron chi connectivity index (χ4n) is 3.34. The lowest BCUT2D eigenvalue weighted by molar-refractivity contribution is -0.140. The first kappa shape index (κ1) is 27.7. The minimum Gasteiger partial charge on any atom is -0.487 e. The van der Waals surface area contributed by atoms with Crippen LogP contribution in [0, 0.1) is 0 Å². The Morgan fingerprint density at radius 2 is 1.75 bits per heavy atom. The van der Waals surface area contributed by atoms with Gasteiger partial charge in [0.05, 0.1) is 17.4 Å². The van der Waals surface area contributed by atoms with Crippen molar-refractivity contribution in [1.82, 2.24) is 5.32 Å². The summed E-state index contributed by atoms with van der Waals surface area (Å²) in [6.45, 7) is 5.58. The third-order valence-corrected chi connectivity index (χ3v) is 6.88. The number of allylic oxidation sites excluding steroid dienone is 2. The maximum Gasteiger partial charge on any atom is 0.323 e. The van der Waals surface area contributed by atoms with Crippen molar-refractivity contribution in [2.45, 2.75) is 40.0 Å². The molecule has 1 atom stereocenters. The number of carboxylic acids is 1. The van der Waals surface area contributed by atoms with Gasteiger partial charge in [-0.15, -0.1) is 0 Å². The molecule has 0 bridgehead atoms. The number of aliphatic carboxylic acids is 1. The molecule has 0 aliphatic rings. The summed E-state index contributed by atoms with van der Waals surface area (Å²) in [6.07, 6.45) is 0. The second-order valence-electron chi connectivity index (χ2n) is 8.44. The molecule has 0 saturated carbocycles. The van der Waals surface area contributed by atoms with Crippen molar-refractivity contribution in [3.8, 4) is 22.6 Å². The van der Waals surface area contributed by atoms with E-state index in [0.717, 1.165) is 26.7 Å². The second kappa shape index (κ2) is 12.9. The highest BCUT2D eigenvalue weighted by Crippen LogP contribution is 2.36. The topological polar surface area (TPSA) is 88.0 Å². The molecule has 0 amide bonds. The third-order valence-electron chi connectivity index (χ3n) is 5.65. The van der Waals surface area contributed by atoms with E-state index in [1.54, 1.807) is 12.1 Å². The summed E-state index contributed by atoms with van der Waals surface area (Å²) in [6, 6.07) is 18.4. The Balaban J connectivity index is 1.87. The maximum absolute atomic E-state index is 11.3. The van der Waals surface area contributed by atoms with Crippen molar-refractivity contribution >= 4 is 33.5 Å². The largest absolute Gasteiger partial charge is 0.487 e. The number of carboxylic acid groups (broad SMARTS) is 1. The molecule has 0 fully saturated rings. The van der Waals surface area contributed by atoms with Crippen LogP contribution < -0.4 is 14.8 Å². The Morgan fingerprint density at radius 1 is 1.03 bits per heavy atom. The molecule has 190 valence electrons. The van der Waals surface area contributed by atoms with Crippen LogP contribution in [-0.2, 0) is 17.9 Å². The summed E-state index contributed by atoms with van der Waals surface area (Å²) < 4.78 is 13.1. The molecule has 0 unspecified atom stereocenters. The van der Waals surface area contributed by atoms with Gasteiger partial charge in [-0.05, 0) is 59.5 Å². The zero-order chi connectivity index (χ0) is 26.2. The fraction of sp³-hybridized carbons (Fsp3) is 0.250. The Morgan fingerprint density at radius 3 is 2.39 bits per heavy atom. The Labute approximate surface area is 224 Å². The lowest BCUT2D eigenvalue weighted by Gasteiger charge is -2.18. The Kier molecular flexibility index (Phi) is 9.96. The summed E-state index contributed by atoms with van der Waals surface area (Å²) >= 11 is 10.3. The van der Waals surface area contributed by atoms with Gasteiger partial charge in [0.25, 0.3) is 0 Å². The molecular weight excluding hydrogens is 546 g/mol. The van der Waals surface area contributed by atoms with Crippen LogP contribution in [0.2, 0.25) is 5.02 Å². The number of ether oxygens (including phenoxy) is 2. The lowest BCUT2D eigenvalue weighted by atomic mass is 10.0. The van der Waals surface area contributed by atoms with Gasteiger partial charge in [-0.25, -0.2) is 0 Å². The minimum absolute atomic E-state index is 0.133. The number of hydrogen-bond acceptors (Lipinski definition) is 5. The average molecular weight is 575 g/mol. The highest BCUT2D eigenvalue weighted by molar-refractivity contribution is 9.10. The van der Waals surface area contributed by atoms with Gasteiger partial charge in [0.15, 0.2) is 0 Å². The van der Waals surface area contributed by atoms with Gasteiger partial charge in [-0.3, -0.25) is 10.1 Å². The van der Waals surface area contributed by atoms with Gasteiger partial charge in [-0.1, -0.05) is 60.1 Å². The quantitative estimate of drug-likeness (QED) is 0.224. The number of halogens is 2. The van der Waals surface area contributed by atoms with Crippen LogP contribution in [-0.4, -0.2) is 28.8 Å². The summed E-state index contributed by atoms with van der Waals surface area (Å²) in [5.74, 6) is 0.486. The van der Waals surface area contributed by atoms with Gasteiger partial charge >= 0.3 is 5.97 Å². The molecule has 0 spiro atoms. The van der Waals surface area contributed by atoms with E-state index in [0.29, 0.717) is 27.8 Å². The van der Waals surface area contributed by atoms with Crippen LogP contribution in [0.5, 0.6) is 11.5 Å². The van der Waals surface area contributed by atoms with Crippen LogP contribution >= 0.6 is 27.5 Å². The predicted octanol–water partition coefficient (Wildman–Crippen LogP) is 6.58. The number of nitrogens with one attached hydrogen (secondary N) is 1. The first-order chi connectivity index (χ1) is 17.2. The molecule has 3 aromatic carbocycles. The van der Waals surface area contributed by atoms with Gasteiger partial charge in [0, 0.05) is 28.2 Å². The summed E-state index contributed by atoms with van der Waals surface area (Å²) in [5, 5.41) is 21.7. The van der Waals surface area contributed by atoms with E-state index in [2.05, 4.69) is 33.4 Å². The van der Waals surface area contributed by atoms with Crippen molar-refractivity contribution in [3.63, 3.8) is 0 Å². The van der Waals surface area contributed by atoms with Crippen LogP contribution in [0.3, 0.4) is 0 Å². The molecule has 3 rings (SSSR count). The van der Waals surface area contributed by atoms with Gasteiger partial charge in [0.2, 0.25) is 0 Å². The average Bonchev–Trinajstić information content (AvgIpc) is 2.85. The smallest absolute Gasteiger partial charge is 0.323 e. The van der Waals surface area contributed by atoms with Gasteiger partial charge in [0.1, 0.15) is 24.1 Å². The predicted molar refractivity (Wildman–Crippen MR) is 145 cm³/mol. The molecule has 0 aliphatic heterocycles. The number of benzene rings is 3. The molecule has 0 radical (unpaired) electrons. The summed E-state index contributed by atoms with van der Waals surface area (Å²) in [5.41, 5.74) is 4.74. The van der Waals surface area contributed by atoms with E-state index in [-0.39, 0.29) is 13.2 Å². The number of rotatable bonds is 11. The molecule has 0 aliphatic carbocycles. The van der Waals surface area contributed by atoms with Crippen molar-refractivity contribution in [2.24, 2.45) is 0 Å². The molecule has 3 N–H and O–H groups in total. The van der Waals surface area contributed by atoms with E-state index < -0.39 is 18.6 Å². The number of aliphatic hydroxyl groups excluding tert-OH is 1. The zero-order valence-electron chi connectivity index (χ0n) is 20.3. The van der Waals surface area contributed by atoms with E-state index in [1.165, 1.54) is 0 Å². The normalized spacial score (nSPS) is 11.6. The van der Waals surface area contributed by atoms with Crippen molar-refractivity contribution in [2.75, 3.05) is 6.61 Å². The molecule has 0 heterocycles. The third kappa shape index (κ3) is 7.11. The van der Waals surface area contributed by atoms with Gasteiger partial charge < -0.3 is 19.7 Å². The minimum atomic E-state index is -1.14. The Bertz CT molecular complexity index is 1240. The highest BCUT2D eigenvalue weighted by Gasteiger charge is 2.18. The summed E-state index contributed by atoms with van der Waals surface area (Å²) in [4.78, 5) is 11.3. The monoisotopic (exact) mass is 573 g/mol. The van der Waals surface area contributed by atoms with Crippen LogP contribution in [0.1, 0.15) is 31.9 Å². The van der Waals surface area contributed by atoms with Crippen LogP contribution in [0.25, 0.3) is 11.1 Å². The molecule has 0 aromatic heterocycles. The lowest BCUT2D eigenvalue weighted by Crippen LogP contribution is -2.39. The number of carbonyl (C=O) groups is 1. The molecule has 0 saturated heterocycles. The van der Waals surface area contributed by atoms with Crippen LogP contribution in [0.4, 0.5) is 0 Å². The van der Waals surface area contributed by atoms with Crippen molar-refractivity contribution in [3.05, 3.63) is 92.6 Å². The molecular formula is C28H29BrClNO5. The first-order valence-electron chi connectivity index (χ1n) is 11.4. The molecule has 6 nitrogen and oxygen atoms in total.